The van der Waals surface area contributed by atoms with Crippen LogP contribution in [-0.4, -0.2) is 30.7 Å². The summed E-state index contributed by atoms with van der Waals surface area (Å²) >= 11 is 0. The van der Waals surface area contributed by atoms with Crippen LogP contribution in [0.25, 0.3) is 0 Å². The molecule has 1 aromatic rings. The maximum Gasteiger partial charge on any atom is 0.313 e. The normalized spacial score (nSPS) is 17.3. The summed E-state index contributed by atoms with van der Waals surface area (Å²) in [7, 11) is 1.40. The molecule has 21 heavy (non-hydrogen) atoms. The number of rotatable bonds is 4. The number of aromatic nitrogens is 1. The summed E-state index contributed by atoms with van der Waals surface area (Å²) in [6.45, 7) is 3.72. The van der Waals surface area contributed by atoms with Gasteiger partial charge >= 0.3 is 5.97 Å². The van der Waals surface area contributed by atoms with Gasteiger partial charge in [-0.3, -0.25) is 9.59 Å². The van der Waals surface area contributed by atoms with Gasteiger partial charge < -0.3 is 14.6 Å². The molecule has 1 N–H and O–H groups in total. The Kier molecular flexibility index (Phi) is 4.65. The third-order valence-electron chi connectivity index (χ3n) is 4.28. The first-order valence-electron chi connectivity index (χ1n) is 7.30. The topological polar surface area (TPSA) is 81.4 Å². The van der Waals surface area contributed by atoms with Gasteiger partial charge in [0.25, 0.3) is 5.91 Å². The molecule has 0 atom stereocenters. The molecular weight excluding hydrogens is 272 g/mol. The molecule has 1 fully saturated rings. The lowest BCUT2D eigenvalue weighted by Crippen LogP contribution is -2.45. The maximum atomic E-state index is 12.3. The molecule has 1 heterocycles. The van der Waals surface area contributed by atoms with E-state index in [2.05, 4.69) is 10.5 Å². The van der Waals surface area contributed by atoms with Crippen molar-refractivity contribution in [3.8, 4) is 0 Å². The molecule has 0 bridgehead atoms. The summed E-state index contributed by atoms with van der Waals surface area (Å²) in [5.41, 5.74) is 0.410. The largest absolute Gasteiger partial charge is 0.469 e. The van der Waals surface area contributed by atoms with Crippen LogP contribution in [0.15, 0.2) is 4.52 Å². The van der Waals surface area contributed by atoms with Crippen molar-refractivity contribution in [1.82, 2.24) is 10.5 Å². The molecule has 0 aliphatic heterocycles. The van der Waals surface area contributed by atoms with Crippen molar-refractivity contribution >= 4 is 11.9 Å². The van der Waals surface area contributed by atoms with E-state index in [-0.39, 0.29) is 11.9 Å². The molecule has 0 spiro atoms. The number of carbonyl (C=O) groups is 2. The number of nitrogens with one attached hydrogen (secondary N) is 1. The Labute approximate surface area is 124 Å². The fraction of sp³-hybridized carbons (Fsp3) is 0.667. The Hall–Kier alpha value is -1.85. The Balaban J connectivity index is 2.08. The lowest BCUT2D eigenvalue weighted by Gasteiger charge is -2.34. The molecule has 1 amide bonds. The van der Waals surface area contributed by atoms with Crippen LogP contribution < -0.4 is 5.32 Å². The van der Waals surface area contributed by atoms with E-state index in [1.807, 2.05) is 0 Å². The van der Waals surface area contributed by atoms with Crippen LogP contribution in [0, 0.1) is 19.3 Å². The third kappa shape index (κ3) is 3.09. The second-order valence-corrected chi connectivity index (χ2v) is 5.71. The number of ether oxygens (including phenoxy) is 1. The highest BCUT2D eigenvalue weighted by Gasteiger charge is 2.41. The van der Waals surface area contributed by atoms with Gasteiger partial charge in [-0.05, 0) is 26.7 Å². The molecule has 0 radical (unpaired) electrons. The van der Waals surface area contributed by atoms with Crippen molar-refractivity contribution in [3.63, 3.8) is 0 Å². The number of carbonyl (C=O) groups excluding carboxylic acids is 2. The van der Waals surface area contributed by atoms with Crippen molar-refractivity contribution in [2.24, 2.45) is 5.41 Å². The number of hydrogen-bond donors (Lipinski definition) is 1. The van der Waals surface area contributed by atoms with Crippen LogP contribution in [0.4, 0.5) is 0 Å². The Morgan fingerprint density at radius 3 is 2.48 bits per heavy atom. The van der Waals surface area contributed by atoms with Crippen LogP contribution in [0.5, 0.6) is 0 Å². The van der Waals surface area contributed by atoms with E-state index in [1.165, 1.54) is 7.11 Å². The average Bonchev–Trinajstić information content (AvgIpc) is 2.84. The summed E-state index contributed by atoms with van der Waals surface area (Å²) in [5.74, 6) is 0.00197. The van der Waals surface area contributed by atoms with E-state index in [4.69, 9.17) is 9.26 Å². The number of nitrogens with zero attached hydrogens (tertiary/aromatic N) is 1. The minimum absolute atomic E-state index is 0.235. The average molecular weight is 294 g/mol. The predicted molar refractivity (Wildman–Crippen MR) is 75.8 cm³/mol. The van der Waals surface area contributed by atoms with Crippen molar-refractivity contribution in [3.05, 3.63) is 17.0 Å². The van der Waals surface area contributed by atoms with Crippen LogP contribution in [0.3, 0.4) is 0 Å². The number of hydrogen-bond acceptors (Lipinski definition) is 5. The highest BCUT2D eigenvalue weighted by molar-refractivity contribution is 5.96. The minimum Gasteiger partial charge on any atom is -0.469 e. The van der Waals surface area contributed by atoms with E-state index < -0.39 is 5.41 Å². The maximum absolute atomic E-state index is 12.3. The van der Waals surface area contributed by atoms with Crippen molar-refractivity contribution in [2.45, 2.75) is 46.0 Å². The van der Waals surface area contributed by atoms with E-state index in [0.29, 0.717) is 23.6 Å². The monoisotopic (exact) mass is 294 g/mol. The second kappa shape index (κ2) is 6.28. The van der Waals surface area contributed by atoms with Gasteiger partial charge in [-0.15, -0.1) is 0 Å². The lowest BCUT2D eigenvalue weighted by atomic mass is 9.74. The SMILES string of the molecule is COC(=O)C1(CNC(=O)c2c(C)noc2C)CCCCC1. The van der Waals surface area contributed by atoms with Gasteiger partial charge in [-0.1, -0.05) is 24.4 Å². The Morgan fingerprint density at radius 2 is 1.95 bits per heavy atom. The Morgan fingerprint density at radius 1 is 1.29 bits per heavy atom. The number of aryl methyl sites for hydroxylation is 2. The van der Waals surface area contributed by atoms with Gasteiger partial charge in [0.15, 0.2) is 0 Å². The molecule has 0 unspecified atom stereocenters. The van der Waals surface area contributed by atoms with Crippen LogP contribution >= 0.6 is 0 Å². The molecular formula is C15H22N2O4. The zero-order valence-corrected chi connectivity index (χ0v) is 12.8. The van der Waals surface area contributed by atoms with E-state index >= 15 is 0 Å². The van der Waals surface area contributed by atoms with Crippen LogP contribution in [0.2, 0.25) is 0 Å². The first-order chi connectivity index (χ1) is 10.00. The molecule has 116 valence electrons. The molecule has 2 rings (SSSR count). The summed E-state index contributed by atoms with van der Waals surface area (Å²) in [6, 6.07) is 0. The molecule has 1 aromatic heterocycles. The molecule has 1 aliphatic rings. The standard InChI is InChI=1S/C15H22N2O4/c1-10-12(11(2)21-17-10)13(18)16-9-15(14(19)20-3)7-5-4-6-8-15/h4-9H2,1-3H3,(H,16,18). The third-order valence-corrected chi connectivity index (χ3v) is 4.28. The summed E-state index contributed by atoms with van der Waals surface area (Å²) < 4.78 is 9.94. The molecule has 6 heteroatoms. The van der Waals surface area contributed by atoms with Crippen molar-refractivity contribution < 1.29 is 18.8 Å². The zero-order chi connectivity index (χ0) is 15.5. The minimum atomic E-state index is -0.596. The van der Waals surface area contributed by atoms with E-state index in [1.54, 1.807) is 13.8 Å². The number of methoxy groups -OCH3 is 1. The fourth-order valence-electron chi connectivity index (χ4n) is 3.04. The van der Waals surface area contributed by atoms with Gasteiger partial charge in [0.05, 0.1) is 18.2 Å². The molecule has 1 aliphatic carbocycles. The van der Waals surface area contributed by atoms with Gasteiger partial charge in [-0.2, -0.15) is 0 Å². The van der Waals surface area contributed by atoms with Gasteiger partial charge in [0.1, 0.15) is 11.3 Å². The fourth-order valence-corrected chi connectivity index (χ4v) is 3.04. The summed E-state index contributed by atoms with van der Waals surface area (Å²) in [4.78, 5) is 24.4. The van der Waals surface area contributed by atoms with Crippen molar-refractivity contribution in [1.29, 1.82) is 0 Å². The summed E-state index contributed by atoms with van der Waals surface area (Å²) in [5, 5.41) is 6.63. The van der Waals surface area contributed by atoms with Crippen LogP contribution in [-0.2, 0) is 9.53 Å². The lowest BCUT2D eigenvalue weighted by molar-refractivity contribution is -0.154. The number of esters is 1. The molecule has 6 nitrogen and oxygen atoms in total. The van der Waals surface area contributed by atoms with Gasteiger partial charge in [0.2, 0.25) is 0 Å². The summed E-state index contributed by atoms with van der Waals surface area (Å²) in [6.07, 6.45) is 4.59. The second-order valence-electron chi connectivity index (χ2n) is 5.71. The molecule has 0 aromatic carbocycles. The van der Waals surface area contributed by atoms with E-state index in [9.17, 15) is 9.59 Å². The molecule has 1 saturated carbocycles. The molecule has 0 saturated heterocycles. The smallest absolute Gasteiger partial charge is 0.313 e. The van der Waals surface area contributed by atoms with Crippen molar-refractivity contribution in [2.75, 3.05) is 13.7 Å². The Bertz CT molecular complexity index is 510. The van der Waals surface area contributed by atoms with Crippen LogP contribution in [0.1, 0.15) is 53.9 Å². The predicted octanol–water partition coefficient (Wildman–Crippen LogP) is 2.14. The first-order valence-corrected chi connectivity index (χ1v) is 7.30. The quantitative estimate of drug-likeness (QED) is 0.860. The highest BCUT2D eigenvalue weighted by Crippen LogP contribution is 2.37. The zero-order valence-electron chi connectivity index (χ0n) is 12.8. The van der Waals surface area contributed by atoms with E-state index in [0.717, 1.165) is 32.1 Å². The van der Waals surface area contributed by atoms with Gasteiger partial charge in [0, 0.05) is 6.54 Å². The number of amides is 1. The first kappa shape index (κ1) is 15.5. The van der Waals surface area contributed by atoms with Gasteiger partial charge in [-0.25, -0.2) is 0 Å². The highest BCUT2D eigenvalue weighted by atomic mass is 16.5.